The molecule has 0 aliphatic heterocycles. The van der Waals surface area contributed by atoms with Crippen LogP contribution in [0.5, 0.6) is 0 Å². The quantitative estimate of drug-likeness (QED) is 0.296. The molecule has 3 N–H and O–H groups in total. The number of amidine groups is 1. The highest BCUT2D eigenvalue weighted by Gasteiger charge is 2.08. The van der Waals surface area contributed by atoms with Gasteiger partial charge in [0.15, 0.2) is 5.84 Å². The molecule has 1 aromatic heterocycles. The minimum absolute atomic E-state index is 0.0182. The molecule has 1 aromatic carbocycles. The van der Waals surface area contributed by atoms with Gasteiger partial charge in [-0.1, -0.05) is 11.2 Å². The number of benzene rings is 1. The first kappa shape index (κ1) is 13.4. The third-order valence-corrected chi connectivity index (χ3v) is 3.51. The van der Waals surface area contributed by atoms with Crippen LogP contribution < -0.4 is 5.73 Å². The zero-order valence-electron chi connectivity index (χ0n) is 9.95. The standard InChI is InChI=1S/C13H12FN3OS/c14-10-3-5-11(6-4-10)19-8-9-2-1-7-16-12(9)13(15)17-18/h1-7,18H,8H2,(H2,15,17). The molecule has 6 heteroatoms. The summed E-state index contributed by atoms with van der Waals surface area (Å²) in [4.78, 5) is 5.03. The van der Waals surface area contributed by atoms with E-state index in [0.29, 0.717) is 11.4 Å². The lowest BCUT2D eigenvalue weighted by atomic mass is 10.2. The number of pyridine rings is 1. The van der Waals surface area contributed by atoms with Gasteiger partial charge < -0.3 is 10.9 Å². The second-order valence-corrected chi connectivity index (χ2v) is 4.79. The lowest BCUT2D eigenvalue weighted by molar-refractivity contribution is 0.318. The summed E-state index contributed by atoms with van der Waals surface area (Å²) in [6, 6.07) is 9.89. The summed E-state index contributed by atoms with van der Waals surface area (Å²) in [5, 5.41) is 11.7. The van der Waals surface area contributed by atoms with Crippen LogP contribution in [0.15, 0.2) is 52.6 Å². The van der Waals surface area contributed by atoms with Gasteiger partial charge in [0, 0.05) is 16.8 Å². The maximum absolute atomic E-state index is 12.8. The first-order chi connectivity index (χ1) is 9.20. The minimum Gasteiger partial charge on any atom is -0.409 e. The van der Waals surface area contributed by atoms with Crippen LogP contribution in [0.25, 0.3) is 0 Å². The Hall–Kier alpha value is -2.08. The molecule has 1 heterocycles. The van der Waals surface area contributed by atoms with Crippen molar-refractivity contribution < 1.29 is 9.60 Å². The van der Waals surface area contributed by atoms with Gasteiger partial charge in [0.2, 0.25) is 0 Å². The average Bonchev–Trinajstić information content (AvgIpc) is 2.46. The summed E-state index contributed by atoms with van der Waals surface area (Å²) in [5.74, 6) is 0.323. The largest absolute Gasteiger partial charge is 0.409 e. The number of halogens is 1. The van der Waals surface area contributed by atoms with E-state index in [-0.39, 0.29) is 11.7 Å². The highest BCUT2D eigenvalue weighted by atomic mass is 32.2. The van der Waals surface area contributed by atoms with E-state index in [2.05, 4.69) is 10.1 Å². The SMILES string of the molecule is NC(=NO)c1ncccc1CSc1ccc(F)cc1. The second-order valence-electron chi connectivity index (χ2n) is 3.74. The van der Waals surface area contributed by atoms with Crippen LogP contribution in [0.4, 0.5) is 4.39 Å². The molecule has 4 nitrogen and oxygen atoms in total. The summed E-state index contributed by atoms with van der Waals surface area (Å²) in [6.07, 6.45) is 1.58. The van der Waals surface area contributed by atoms with Gasteiger partial charge in [0.25, 0.3) is 0 Å². The van der Waals surface area contributed by atoms with E-state index < -0.39 is 0 Å². The number of nitrogens with two attached hydrogens (primary N) is 1. The van der Waals surface area contributed by atoms with E-state index in [4.69, 9.17) is 10.9 Å². The van der Waals surface area contributed by atoms with Crippen molar-refractivity contribution in [2.24, 2.45) is 10.9 Å². The predicted octanol–water partition coefficient (Wildman–Crippen LogP) is 2.61. The third kappa shape index (κ3) is 3.45. The minimum atomic E-state index is -0.261. The average molecular weight is 277 g/mol. The van der Waals surface area contributed by atoms with E-state index in [1.165, 1.54) is 23.9 Å². The monoisotopic (exact) mass is 277 g/mol. The molecule has 2 rings (SSSR count). The number of thioether (sulfide) groups is 1. The number of hydrogen-bond acceptors (Lipinski definition) is 4. The molecule has 0 bridgehead atoms. The van der Waals surface area contributed by atoms with Crippen LogP contribution in [0.2, 0.25) is 0 Å². The molecule has 0 aliphatic carbocycles. The van der Waals surface area contributed by atoms with Gasteiger partial charge in [0.1, 0.15) is 11.5 Å². The van der Waals surface area contributed by atoms with Crippen LogP contribution >= 0.6 is 11.8 Å². The number of aromatic nitrogens is 1. The van der Waals surface area contributed by atoms with Crippen molar-refractivity contribution in [3.63, 3.8) is 0 Å². The van der Waals surface area contributed by atoms with Crippen molar-refractivity contribution >= 4 is 17.6 Å². The Labute approximate surface area is 114 Å². The summed E-state index contributed by atoms with van der Waals surface area (Å²) in [7, 11) is 0. The smallest absolute Gasteiger partial charge is 0.189 e. The van der Waals surface area contributed by atoms with E-state index in [9.17, 15) is 4.39 Å². The van der Waals surface area contributed by atoms with E-state index in [1.807, 2.05) is 6.07 Å². The molecule has 98 valence electrons. The van der Waals surface area contributed by atoms with Crippen LogP contribution in [0.3, 0.4) is 0 Å². The van der Waals surface area contributed by atoms with E-state index >= 15 is 0 Å². The Kier molecular flexibility index (Phi) is 4.35. The number of nitrogens with zero attached hydrogens (tertiary/aromatic N) is 2. The predicted molar refractivity (Wildman–Crippen MR) is 72.7 cm³/mol. The Morgan fingerprint density at radius 1 is 1.32 bits per heavy atom. The molecule has 0 aliphatic rings. The van der Waals surface area contributed by atoms with Gasteiger partial charge in [-0.3, -0.25) is 4.98 Å². The van der Waals surface area contributed by atoms with Gasteiger partial charge in [-0.15, -0.1) is 11.8 Å². The van der Waals surface area contributed by atoms with E-state index in [0.717, 1.165) is 10.5 Å². The molecule has 0 spiro atoms. The van der Waals surface area contributed by atoms with Crippen molar-refractivity contribution in [2.45, 2.75) is 10.6 Å². The molecule has 0 saturated carbocycles. The zero-order chi connectivity index (χ0) is 13.7. The van der Waals surface area contributed by atoms with Gasteiger partial charge in [-0.2, -0.15) is 0 Å². The van der Waals surface area contributed by atoms with Crippen molar-refractivity contribution in [1.29, 1.82) is 0 Å². The van der Waals surface area contributed by atoms with Crippen molar-refractivity contribution in [2.75, 3.05) is 0 Å². The lowest BCUT2D eigenvalue weighted by Crippen LogP contribution is -2.17. The van der Waals surface area contributed by atoms with Crippen LogP contribution in [0, 0.1) is 5.82 Å². The number of oxime groups is 1. The highest BCUT2D eigenvalue weighted by Crippen LogP contribution is 2.23. The Morgan fingerprint density at radius 2 is 2.05 bits per heavy atom. The molecule has 0 atom stereocenters. The fraction of sp³-hybridized carbons (Fsp3) is 0.0769. The summed E-state index contributed by atoms with van der Waals surface area (Å²) >= 11 is 1.53. The fourth-order valence-corrected chi connectivity index (χ4v) is 2.41. The third-order valence-electron chi connectivity index (χ3n) is 2.45. The van der Waals surface area contributed by atoms with Crippen LogP contribution in [0.1, 0.15) is 11.3 Å². The topological polar surface area (TPSA) is 71.5 Å². The Balaban J connectivity index is 2.13. The van der Waals surface area contributed by atoms with Gasteiger partial charge >= 0.3 is 0 Å². The molecule has 0 radical (unpaired) electrons. The van der Waals surface area contributed by atoms with Crippen molar-refractivity contribution in [3.05, 3.63) is 59.7 Å². The number of hydrogen-bond donors (Lipinski definition) is 2. The van der Waals surface area contributed by atoms with Gasteiger partial charge in [0.05, 0.1) is 0 Å². The molecule has 0 unspecified atom stereocenters. The zero-order valence-corrected chi connectivity index (χ0v) is 10.8. The summed E-state index contributed by atoms with van der Waals surface area (Å²) in [5.41, 5.74) is 6.87. The first-order valence-corrected chi connectivity index (χ1v) is 6.49. The Morgan fingerprint density at radius 3 is 2.74 bits per heavy atom. The maximum atomic E-state index is 12.8. The molecular formula is C13H12FN3OS. The summed E-state index contributed by atoms with van der Waals surface area (Å²) in [6.45, 7) is 0. The normalized spacial score (nSPS) is 11.5. The first-order valence-electron chi connectivity index (χ1n) is 5.51. The molecule has 2 aromatic rings. The van der Waals surface area contributed by atoms with Gasteiger partial charge in [-0.05, 0) is 35.9 Å². The van der Waals surface area contributed by atoms with Gasteiger partial charge in [-0.25, -0.2) is 4.39 Å². The molecule has 0 amide bonds. The summed E-state index contributed by atoms with van der Waals surface area (Å²) < 4.78 is 12.8. The molecule has 0 saturated heterocycles. The van der Waals surface area contributed by atoms with E-state index in [1.54, 1.807) is 24.4 Å². The number of rotatable bonds is 4. The van der Waals surface area contributed by atoms with Crippen molar-refractivity contribution in [3.8, 4) is 0 Å². The molecule has 19 heavy (non-hydrogen) atoms. The fourth-order valence-electron chi connectivity index (χ4n) is 1.52. The lowest BCUT2D eigenvalue weighted by Gasteiger charge is -2.06. The Bertz CT molecular complexity index is 587. The maximum Gasteiger partial charge on any atom is 0.189 e. The van der Waals surface area contributed by atoms with Crippen molar-refractivity contribution in [1.82, 2.24) is 4.98 Å². The second kappa shape index (κ2) is 6.19. The van der Waals surface area contributed by atoms with Crippen LogP contribution in [-0.4, -0.2) is 16.0 Å². The molecule has 0 fully saturated rings. The highest BCUT2D eigenvalue weighted by molar-refractivity contribution is 7.98. The molecular weight excluding hydrogens is 265 g/mol. The van der Waals surface area contributed by atoms with Crippen LogP contribution in [-0.2, 0) is 5.75 Å².